The number of hydrogen-bond acceptors (Lipinski definition) is 3. The van der Waals surface area contributed by atoms with E-state index >= 15 is 0 Å². The zero-order valence-electron chi connectivity index (χ0n) is 11.2. The Hall–Kier alpha value is -1.93. The van der Waals surface area contributed by atoms with Gasteiger partial charge >= 0.3 is 0 Å². The van der Waals surface area contributed by atoms with E-state index in [4.69, 9.17) is 5.26 Å². The second-order valence-electron chi connectivity index (χ2n) is 4.41. The van der Waals surface area contributed by atoms with Gasteiger partial charge in [-0.2, -0.15) is 5.26 Å². The quantitative estimate of drug-likeness (QED) is 0.856. The molecule has 1 amide bonds. The Balaban J connectivity index is 2.49. The number of carbonyl (C=O) groups is 1. The minimum Gasteiger partial charge on any atom is -0.325 e. The Bertz CT molecular complexity index is 453. The average Bonchev–Trinajstić information content (AvgIpc) is 2.40. The highest BCUT2D eigenvalue weighted by molar-refractivity contribution is 5.92. The van der Waals surface area contributed by atoms with Gasteiger partial charge in [0, 0.05) is 12.2 Å². The van der Waals surface area contributed by atoms with Crippen molar-refractivity contribution in [2.75, 3.05) is 25.0 Å². The lowest BCUT2D eigenvalue weighted by Crippen LogP contribution is -2.35. The van der Waals surface area contributed by atoms with Crippen molar-refractivity contribution in [2.24, 2.45) is 5.92 Å². The molecule has 0 saturated heterocycles. The molecule has 0 heterocycles. The molecule has 5 heteroatoms. The molecule has 1 aromatic carbocycles. The van der Waals surface area contributed by atoms with Crippen molar-refractivity contribution in [3.05, 3.63) is 30.1 Å². The molecule has 1 rings (SSSR count). The predicted octanol–water partition coefficient (Wildman–Crippen LogP) is 2.25. The Kier molecular flexibility index (Phi) is 5.97. The molecule has 0 fully saturated rings. The number of halogens is 1. The van der Waals surface area contributed by atoms with Gasteiger partial charge in [0.15, 0.2) is 0 Å². The first-order valence-electron chi connectivity index (χ1n) is 6.22. The predicted molar refractivity (Wildman–Crippen MR) is 71.9 cm³/mol. The summed E-state index contributed by atoms with van der Waals surface area (Å²) in [6, 6.07) is 7.77. The third-order valence-corrected chi connectivity index (χ3v) is 2.69. The molecule has 102 valence electrons. The number of amides is 1. The number of rotatable bonds is 6. The molecule has 4 nitrogen and oxygen atoms in total. The Morgan fingerprint density at radius 1 is 1.47 bits per heavy atom. The molecule has 1 aromatic rings. The van der Waals surface area contributed by atoms with Crippen LogP contribution < -0.4 is 5.32 Å². The van der Waals surface area contributed by atoms with Gasteiger partial charge in [0.2, 0.25) is 5.91 Å². The number of hydrogen-bond donors (Lipinski definition) is 1. The fraction of sp³-hybridized carbons (Fsp3) is 0.429. The number of nitrogens with one attached hydrogen (secondary N) is 1. The lowest BCUT2D eigenvalue weighted by molar-refractivity contribution is -0.117. The number of carbonyl (C=O) groups excluding carboxylic acids is 1. The van der Waals surface area contributed by atoms with Crippen molar-refractivity contribution in [3.8, 4) is 6.07 Å². The van der Waals surface area contributed by atoms with E-state index in [9.17, 15) is 9.18 Å². The van der Waals surface area contributed by atoms with Crippen molar-refractivity contribution >= 4 is 11.6 Å². The smallest absolute Gasteiger partial charge is 0.238 e. The molecular weight excluding hydrogens is 245 g/mol. The number of likely N-dealkylation sites (N-methyl/N-ethyl adjacent to an activating group) is 1. The van der Waals surface area contributed by atoms with Crippen molar-refractivity contribution in [1.29, 1.82) is 5.26 Å². The summed E-state index contributed by atoms with van der Waals surface area (Å²) in [5.41, 5.74) is 0.566. The summed E-state index contributed by atoms with van der Waals surface area (Å²) < 4.78 is 12.7. The van der Waals surface area contributed by atoms with Crippen LogP contribution >= 0.6 is 0 Å². The maximum atomic E-state index is 12.7. The first kappa shape index (κ1) is 15.1. The number of nitriles is 1. The normalized spacial score (nSPS) is 11.9. The van der Waals surface area contributed by atoms with Crippen LogP contribution in [0.5, 0.6) is 0 Å². The summed E-state index contributed by atoms with van der Waals surface area (Å²) >= 11 is 0. The summed E-state index contributed by atoms with van der Waals surface area (Å²) in [4.78, 5) is 13.7. The zero-order chi connectivity index (χ0) is 14.3. The fourth-order valence-electron chi connectivity index (χ4n) is 1.67. The van der Waals surface area contributed by atoms with E-state index in [0.29, 0.717) is 18.8 Å². The van der Waals surface area contributed by atoms with E-state index in [2.05, 4.69) is 11.4 Å². The maximum Gasteiger partial charge on any atom is 0.238 e. The molecule has 0 aliphatic carbocycles. The third kappa shape index (κ3) is 5.49. The summed E-state index contributed by atoms with van der Waals surface area (Å²) in [5.74, 6) is -0.617. The molecule has 0 aromatic heterocycles. The SMILES string of the molecule is CCN(CC(=O)Nc1ccc(F)cc1)CC(C)C#N. The van der Waals surface area contributed by atoms with Gasteiger partial charge < -0.3 is 5.32 Å². The largest absolute Gasteiger partial charge is 0.325 e. The number of nitrogens with zero attached hydrogens (tertiary/aromatic N) is 2. The van der Waals surface area contributed by atoms with Crippen LogP contribution in [0.2, 0.25) is 0 Å². The van der Waals surface area contributed by atoms with E-state index in [-0.39, 0.29) is 24.2 Å². The Morgan fingerprint density at radius 2 is 2.11 bits per heavy atom. The van der Waals surface area contributed by atoms with E-state index in [1.807, 2.05) is 18.7 Å². The topological polar surface area (TPSA) is 56.1 Å². The molecule has 0 saturated carbocycles. The standard InChI is InChI=1S/C14H18FN3O/c1-3-18(9-11(2)8-16)10-14(19)17-13-6-4-12(15)5-7-13/h4-7,11H,3,9-10H2,1-2H3,(H,17,19). The van der Waals surface area contributed by atoms with Crippen molar-refractivity contribution < 1.29 is 9.18 Å². The summed E-state index contributed by atoms with van der Waals surface area (Å²) in [7, 11) is 0. The first-order chi connectivity index (χ1) is 9.05. The van der Waals surface area contributed by atoms with Gasteiger partial charge in [-0.1, -0.05) is 6.92 Å². The van der Waals surface area contributed by atoms with Crippen molar-refractivity contribution in [1.82, 2.24) is 4.90 Å². The summed E-state index contributed by atoms with van der Waals surface area (Å²) in [5, 5.41) is 11.5. The van der Waals surface area contributed by atoms with E-state index in [1.54, 1.807) is 0 Å². The second-order valence-corrected chi connectivity index (χ2v) is 4.41. The molecule has 0 aliphatic rings. The lowest BCUT2D eigenvalue weighted by Gasteiger charge is -2.20. The van der Waals surface area contributed by atoms with E-state index in [1.165, 1.54) is 24.3 Å². The third-order valence-electron chi connectivity index (χ3n) is 2.69. The average molecular weight is 263 g/mol. The fourth-order valence-corrected chi connectivity index (χ4v) is 1.67. The summed E-state index contributed by atoms with van der Waals surface area (Å²) in [6.07, 6.45) is 0. The minimum atomic E-state index is -0.337. The van der Waals surface area contributed by atoms with Gasteiger partial charge in [0.05, 0.1) is 18.5 Å². The monoisotopic (exact) mass is 263 g/mol. The highest BCUT2D eigenvalue weighted by Gasteiger charge is 2.12. The highest BCUT2D eigenvalue weighted by Crippen LogP contribution is 2.08. The number of benzene rings is 1. The van der Waals surface area contributed by atoms with Gasteiger partial charge in [-0.05, 0) is 37.7 Å². The molecule has 1 unspecified atom stereocenters. The van der Waals surface area contributed by atoms with Crippen molar-refractivity contribution in [3.63, 3.8) is 0 Å². The number of anilines is 1. The molecule has 0 radical (unpaired) electrons. The van der Waals surface area contributed by atoms with Crippen LogP contribution in [0.4, 0.5) is 10.1 Å². The van der Waals surface area contributed by atoms with Crippen LogP contribution in [0.15, 0.2) is 24.3 Å². The molecule has 1 atom stereocenters. The molecule has 0 spiro atoms. The van der Waals surface area contributed by atoms with Crippen LogP contribution in [0, 0.1) is 23.1 Å². The van der Waals surface area contributed by atoms with Crippen molar-refractivity contribution in [2.45, 2.75) is 13.8 Å². The van der Waals surface area contributed by atoms with Gasteiger partial charge in [-0.15, -0.1) is 0 Å². The molecular formula is C14H18FN3O. The van der Waals surface area contributed by atoms with Gasteiger partial charge in [-0.3, -0.25) is 9.69 Å². The van der Waals surface area contributed by atoms with Crippen LogP contribution in [-0.4, -0.2) is 30.4 Å². The van der Waals surface area contributed by atoms with Crippen LogP contribution in [0.1, 0.15) is 13.8 Å². The first-order valence-corrected chi connectivity index (χ1v) is 6.22. The van der Waals surface area contributed by atoms with Gasteiger partial charge in [-0.25, -0.2) is 4.39 Å². The van der Waals surface area contributed by atoms with Gasteiger partial charge in [0.25, 0.3) is 0 Å². The Labute approximate surface area is 112 Å². The maximum absolute atomic E-state index is 12.7. The van der Waals surface area contributed by atoms with E-state index < -0.39 is 0 Å². The van der Waals surface area contributed by atoms with Crippen LogP contribution in [-0.2, 0) is 4.79 Å². The molecule has 0 aliphatic heterocycles. The van der Waals surface area contributed by atoms with Crippen LogP contribution in [0.25, 0.3) is 0 Å². The second kappa shape index (κ2) is 7.49. The molecule has 0 bridgehead atoms. The van der Waals surface area contributed by atoms with E-state index in [0.717, 1.165) is 0 Å². The Morgan fingerprint density at radius 3 is 2.63 bits per heavy atom. The lowest BCUT2D eigenvalue weighted by atomic mass is 10.2. The highest BCUT2D eigenvalue weighted by atomic mass is 19.1. The summed E-state index contributed by atoms with van der Waals surface area (Å²) in [6.45, 7) is 5.24. The molecule has 19 heavy (non-hydrogen) atoms. The van der Waals surface area contributed by atoms with Crippen LogP contribution in [0.3, 0.4) is 0 Å². The zero-order valence-corrected chi connectivity index (χ0v) is 11.2. The molecule has 1 N–H and O–H groups in total. The minimum absolute atomic E-state index is 0.112. The van der Waals surface area contributed by atoms with Gasteiger partial charge in [0.1, 0.15) is 5.82 Å².